The molecule has 2 rings (SSSR count). The van der Waals surface area contributed by atoms with Crippen LogP contribution >= 0.6 is 0 Å². The third kappa shape index (κ3) is 3.40. The van der Waals surface area contributed by atoms with Gasteiger partial charge >= 0.3 is 0 Å². The van der Waals surface area contributed by atoms with Gasteiger partial charge in [0.25, 0.3) is 0 Å². The second-order valence-electron chi connectivity index (χ2n) is 4.14. The van der Waals surface area contributed by atoms with Gasteiger partial charge in [0.05, 0.1) is 11.4 Å². The molecule has 0 spiro atoms. The number of benzene rings is 2. The van der Waals surface area contributed by atoms with Gasteiger partial charge in [0.2, 0.25) is 0 Å². The first-order chi connectivity index (χ1) is 9.06. The Bertz CT molecular complexity index is 585. The number of halogens is 3. The minimum absolute atomic E-state index is 0.278. The van der Waals surface area contributed by atoms with Crippen molar-refractivity contribution < 1.29 is 13.2 Å². The Balaban J connectivity index is 1.98. The summed E-state index contributed by atoms with van der Waals surface area (Å²) in [6.07, 6.45) is 0.306. The van der Waals surface area contributed by atoms with Gasteiger partial charge in [0.15, 0.2) is 0 Å². The molecule has 2 aromatic rings. The molecule has 0 saturated heterocycles. The molecular weight excluding hydrogens is 253 g/mol. The van der Waals surface area contributed by atoms with Crippen LogP contribution in [0.4, 0.5) is 24.5 Å². The van der Waals surface area contributed by atoms with E-state index in [-0.39, 0.29) is 11.3 Å². The highest BCUT2D eigenvalue weighted by Crippen LogP contribution is 2.19. The molecule has 0 unspecified atom stereocenters. The summed E-state index contributed by atoms with van der Waals surface area (Å²) in [5.41, 5.74) is 6.75. The number of anilines is 2. The Morgan fingerprint density at radius 2 is 1.63 bits per heavy atom. The van der Waals surface area contributed by atoms with Gasteiger partial charge in [-0.25, -0.2) is 13.2 Å². The lowest BCUT2D eigenvalue weighted by Gasteiger charge is -2.09. The Labute approximate surface area is 109 Å². The molecule has 0 saturated carbocycles. The number of nitrogens with two attached hydrogens (primary N) is 1. The molecule has 0 bridgehead atoms. The standard InChI is InChI=1S/C14H13F3N2/c15-10-1-3-12(17)9(7-10)5-6-19-14-4-2-11(16)8-13(14)18/h1-4,7-8,19H,5-6,18H2. The van der Waals surface area contributed by atoms with Crippen molar-refractivity contribution in [2.24, 2.45) is 0 Å². The van der Waals surface area contributed by atoms with E-state index < -0.39 is 17.5 Å². The molecule has 2 nitrogen and oxygen atoms in total. The van der Waals surface area contributed by atoms with Crippen molar-refractivity contribution >= 4 is 11.4 Å². The summed E-state index contributed by atoms with van der Waals surface area (Å²) in [6, 6.07) is 7.31. The summed E-state index contributed by atoms with van der Waals surface area (Å²) >= 11 is 0. The second kappa shape index (κ2) is 5.65. The topological polar surface area (TPSA) is 38.0 Å². The van der Waals surface area contributed by atoms with Gasteiger partial charge in [-0.3, -0.25) is 0 Å². The van der Waals surface area contributed by atoms with Crippen molar-refractivity contribution in [3.8, 4) is 0 Å². The normalized spacial score (nSPS) is 10.5. The molecule has 0 radical (unpaired) electrons. The number of hydrogen-bond donors (Lipinski definition) is 2. The van der Waals surface area contributed by atoms with Crippen LogP contribution in [0.5, 0.6) is 0 Å². The summed E-state index contributed by atoms with van der Waals surface area (Å²) in [7, 11) is 0. The van der Waals surface area contributed by atoms with Gasteiger partial charge in [-0.15, -0.1) is 0 Å². The fourth-order valence-electron chi connectivity index (χ4n) is 1.76. The van der Waals surface area contributed by atoms with Crippen molar-refractivity contribution in [2.75, 3.05) is 17.6 Å². The first-order valence-corrected chi connectivity index (χ1v) is 5.79. The quantitative estimate of drug-likeness (QED) is 0.833. The van der Waals surface area contributed by atoms with Crippen LogP contribution in [0.25, 0.3) is 0 Å². The van der Waals surface area contributed by atoms with Crippen LogP contribution in [-0.4, -0.2) is 6.54 Å². The number of rotatable bonds is 4. The summed E-state index contributed by atoms with van der Waals surface area (Å²) < 4.78 is 39.1. The third-order valence-electron chi connectivity index (χ3n) is 2.73. The lowest BCUT2D eigenvalue weighted by atomic mass is 10.1. The van der Waals surface area contributed by atoms with E-state index in [2.05, 4.69) is 5.32 Å². The maximum absolute atomic E-state index is 13.4. The van der Waals surface area contributed by atoms with E-state index in [4.69, 9.17) is 5.73 Å². The van der Waals surface area contributed by atoms with E-state index in [1.54, 1.807) is 0 Å². The fourth-order valence-corrected chi connectivity index (χ4v) is 1.76. The molecular formula is C14H13F3N2. The van der Waals surface area contributed by atoms with Crippen LogP contribution in [0.1, 0.15) is 5.56 Å². The molecule has 0 aromatic heterocycles. The van der Waals surface area contributed by atoms with Gasteiger partial charge < -0.3 is 11.1 Å². The van der Waals surface area contributed by atoms with E-state index >= 15 is 0 Å². The molecule has 0 amide bonds. The molecule has 0 aliphatic heterocycles. The SMILES string of the molecule is Nc1cc(F)ccc1NCCc1cc(F)ccc1F. The number of nitrogen functional groups attached to an aromatic ring is 1. The van der Waals surface area contributed by atoms with Crippen LogP contribution in [0, 0.1) is 17.5 Å². The van der Waals surface area contributed by atoms with Crippen molar-refractivity contribution in [1.29, 1.82) is 0 Å². The molecule has 5 heteroatoms. The molecule has 0 heterocycles. The van der Waals surface area contributed by atoms with Gasteiger partial charge in [-0.2, -0.15) is 0 Å². The van der Waals surface area contributed by atoms with Gasteiger partial charge in [0, 0.05) is 6.54 Å². The maximum Gasteiger partial charge on any atom is 0.126 e. The Hall–Kier alpha value is -2.17. The Kier molecular flexibility index (Phi) is 3.94. The maximum atomic E-state index is 13.4. The average molecular weight is 266 g/mol. The number of nitrogens with one attached hydrogen (secondary N) is 1. The van der Waals surface area contributed by atoms with Crippen LogP contribution < -0.4 is 11.1 Å². The lowest BCUT2D eigenvalue weighted by molar-refractivity contribution is 0.586. The predicted octanol–water partition coefficient (Wildman–Crippen LogP) is 3.34. The first-order valence-electron chi connectivity index (χ1n) is 5.79. The lowest BCUT2D eigenvalue weighted by Crippen LogP contribution is -2.08. The molecule has 0 aliphatic rings. The first kappa shape index (κ1) is 13.3. The van der Waals surface area contributed by atoms with Crippen LogP contribution in [0.3, 0.4) is 0 Å². The van der Waals surface area contributed by atoms with Crippen molar-refractivity contribution in [3.05, 3.63) is 59.4 Å². The van der Waals surface area contributed by atoms with Crippen LogP contribution in [0.2, 0.25) is 0 Å². The minimum Gasteiger partial charge on any atom is -0.397 e. The van der Waals surface area contributed by atoms with Gasteiger partial charge in [0.1, 0.15) is 17.5 Å². The monoisotopic (exact) mass is 266 g/mol. The summed E-state index contributed by atoms with van der Waals surface area (Å²) in [5, 5.41) is 2.95. The van der Waals surface area contributed by atoms with Crippen molar-refractivity contribution in [1.82, 2.24) is 0 Å². The minimum atomic E-state index is -0.474. The van der Waals surface area contributed by atoms with E-state index in [0.29, 0.717) is 18.7 Å². The summed E-state index contributed by atoms with van der Waals surface area (Å²) in [5.74, 6) is -1.34. The highest BCUT2D eigenvalue weighted by atomic mass is 19.1. The average Bonchev–Trinajstić information content (AvgIpc) is 2.36. The van der Waals surface area contributed by atoms with Crippen LogP contribution in [-0.2, 0) is 6.42 Å². The zero-order valence-corrected chi connectivity index (χ0v) is 10.1. The zero-order valence-electron chi connectivity index (χ0n) is 10.1. The molecule has 0 atom stereocenters. The van der Waals surface area contributed by atoms with Crippen molar-refractivity contribution in [2.45, 2.75) is 6.42 Å². The highest BCUT2D eigenvalue weighted by molar-refractivity contribution is 5.65. The molecule has 3 N–H and O–H groups in total. The zero-order chi connectivity index (χ0) is 13.8. The highest BCUT2D eigenvalue weighted by Gasteiger charge is 2.05. The second-order valence-corrected chi connectivity index (χ2v) is 4.14. The predicted molar refractivity (Wildman–Crippen MR) is 69.4 cm³/mol. The van der Waals surface area contributed by atoms with E-state index in [9.17, 15) is 13.2 Å². The molecule has 100 valence electrons. The van der Waals surface area contributed by atoms with Crippen LogP contribution in [0.15, 0.2) is 36.4 Å². The smallest absolute Gasteiger partial charge is 0.126 e. The Morgan fingerprint density at radius 1 is 0.947 bits per heavy atom. The molecule has 0 fully saturated rings. The van der Waals surface area contributed by atoms with Crippen molar-refractivity contribution in [3.63, 3.8) is 0 Å². The van der Waals surface area contributed by atoms with E-state index in [1.165, 1.54) is 18.2 Å². The fraction of sp³-hybridized carbons (Fsp3) is 0.143. The summed E-state index contributed by atoms with van der Waals surface area (Å²) in [4.78, 5) is 0. The van der Waals surface area contributed by atoms with E-state index in [1.807, 2.05) is 0 Å². The van der Waals surface area contributed by atoms with Gasteiger partial charge in [-0.05, 0) is 48.4 Å². The van der Waals surface area contributed by atoms with Gasteiger partial charge in [-0.1, -0.05) is 0 Å². The Morgan fingerprint density at radius 3 is 2.37 bits per heavy atom. The van der Waals surface area contributed by atoms with E-state index in [0.717, 1.165) is 18.2 Å². The third-order valence-corrected chi connectivity index (χ3v) is 2.73. The molecule has 0 aliphatic carbocycles. The largest absolute Gasteiger partial charge is 0.397 e. The molecule has 19 heavy (non-hydrogen) atoms. The molecule has 2 aromatic carbocycles. The summed E-state index contributed by atoms with van der Waals surface area (Å²) in [6.45, 7) is 0.371. The number of hydrogen-bond acceptors (Lipinski definition) is 2.